The molecule has 0 unspecified atom stereocenters. The van der Waals surface area contributed by atoms with Gasteiger partial charge in [0.25, 0.3) is 0 Å². The SMILES string of the molecule is CCN(CC)[Si](OCC(C)C)(OCC(C)C)OCC(C)C. The highest BCUT2D eigenvalue weighted by Crippen LogP contribution is 2.19. The van der Waals surface area contributed by atoms with Crippen molar-refractivity contribution in [3.63, 3.8) is 0 Å². The Balaban J connectivity index is 5.13. The molecule has 0 aromatic heterocycles. The van der Waals surface area contributed by atoms with Crippen LogP contribution in [-0.2, 0) is 13.3 Å². The molecule has 128 valence electrons. The lowest BCUT2D eigenvalue weighted by molar-refractivity contribution is -0.00753. The lowest BCUT2D eigenvalue weighted by atomic mass is 10.2. The Hall–Kier alpha value is 0.0569. The smallest absolute Gasteiger partial charge is 0.361 e. The summed E-state index contributed by atoms with van der Waals surface area (Å²) in [5.41, 5.74) is 0. The molecule has 0 aliphatic heterocycles. The lowest BCUT2D eigenvalue weighted by Gasteiger charge is -2.38. The molecule has 0 aliphatic carbocycles. The summed E-state index contributed by atoms with van der Waals surface area (Å²) in [5.74, 6) is 1.41. The molecule has 0 fully saturated rings. The maximum Gasteiger partial charge on any atom is 0.599 e. The average molecular weight is 320 g/mol. The van der Waals surface area contributed by atoms with Crippen LogP contribution in [-0.4, -0.2) is 46.4 Å². The van der Waals surface area contributed by atoms with Gasteiger partial charge in [0.15, 0.2) is 0 Å². The van der Waals surface area contributed by atoms with Crippen molar-refractivity contribution < 1.29 is 13.3 Å². The molecule has 0 aromatic carbocycles. The molecule has 0 rings (SSSR count). The first-order chi connectivity index (χ1) is 9.77. The van der Waals surface area contributed by atoms with Crippen molar-refractivity contribution in [3.8, 4) is 0 Å². The third-order valence-corrected chi connectivity index (χ3v) is 5.95. The van der Waals surface area contributed by atoms with Gasteiger partial charge in [0.05, 0.1) is 0 Å². The van der Waals surface area contributed by atoms with Gasteiger partial charge in [0.2, 0.25) is 0 Å². The minimum Gasteiger partial charge on any atom is -0.361 e. The zero-order chi connectivity index (χ0) is 16.5. The van der Waals surface area contributed by atoms with Crippen molar-refractivity contribution in [2.24, 2.45) is 17.8 Å². The molecule has 0 saturated heterocycles. The van der Waals surface area contributed by atoms with Crippen molar-refractivity contribution in [1.29, 1.82) is 0 Å². The molecule has 5 heteroatoms. The highest BCUT2D eigenvalue weighted by molar-refractivity contribution is 6.57. The van der Waals surface area contributed by atoms with Crippen molar-refractivity contribution in [2.75, 3.05) is 32.9 Å². The van der Waals surface area contributed by atoms with E-state index in [1.807, 2.05) is 0 Å². The van der Waals surface area contributed by atoms with Gasteiger partial charge < -0.3 is 13.3 Å². The highest BCUT2D eigenvalue weighted by atomic mass is 28.4. The second-order valence-electron chi connectivity index (χ2n) is 6.81. The molecule has 4 nitrogen and oxygen atoms in total. The van der Waals surface area contributed by atoms with Crippen LogP contribution in [0.1, 0.15) is 55.4 Å². The van der Waals surface area contributed by atoms with Gasteiger partial charge in [0.1, 0.15) is 0 Å². The van der Waals surface area contributed by atoms with E-state index in [9.17, 15) is 0 Å². The zero-order valence-electron chi connectivity index (χ0n) is 15.4. The number of rotatable bonds is 12. The van der Waals surface area contributed by atoms with Crippen molar-refractivity contribution in [3.05, 3.63) is 0 Å². The lowest BCUT2D eigenvalue weighted by Crippen LogP contribution is -2.62. The van der Waals surface area contributed by atoms with Gasteiger partial charge in [-0.1, -0.05) is 55.4 Å². The molecule has 0 aliphatic rings. The maximum absolute atomic E-state index is 6.26. The fourth-order valence-electron chi connectivity index (χ4n) is 1.83. The molecule has 0 bridgehead atoms. The summed E-state index contributed by atoms with van der Waals surface area (Å²) in [4.78, 5) is 0. The van der Waals surface area contributed by atoms with Gasteiger partial charge in [-0.2, -0.15) is 0 Å². The van der Waals surface area contributed by atoms with Gasteiger partial charge in [-0.05, 0) is 30.8 Å². The normalized spacial score (nSPS) is 13.1. The third-order valence-electron chi connectivity index (χ3n) is 2.95. The Kier molecular flexibility index (Phi) is 10.8. The van der Waals surface area contributed by atoms with E-state index in [2.05, 4.69) is 60.0 Å². The Bertz CT molecular complexity index is 225. The van der Waals surface area contributed by atoms with Crippen LogP contribution < -0.4 is 0 Å². The van der Waals surface area contributed by atoms with E-state index in [4.69, 9.17) is 13.3 Å². The minimum atomic E-state index is -2.78. The van der Waals surface area contributed by atoms with Crippen molar-refractivity contribution in [2.45, 2.75) is 55.4 Å². The van der Waals surface area contributed by atoms with Crippen LogP contribution in [0.15, 0.2) is 0 Å². The summed E-state index contributed by atoms with van der Waals surface area (Å²) in [6.45, 7) is 21.0. The van der Waals surface area contributed by atoms with Crippen LogP contribution in [0.5, 0.6) is 0 Å². The third kappa shape index (κ3) is 8.31. The van der Waals surface area contributed by atoms with E-state index in [1.165, 1.54) is 0 Å². The zero-order valence-corrected chi connectivity index (χ0v) is 16.4. The van der Waals surface area contributed by atoms with E-state index < -0.39 is 8.97 Å². The van der Waals surface area contributed by atoms with Crippen molar-refractivity contribution >= 4 is 8.97 Å². The Morgan fingerprint density at radius 3 is 1.14 bits per heavy atom. The van der Waals surface area contributed by atoms with E-state index in [0.717, 1.165) is 13.1 Å². The molecule has 0 saturated carbocycles. The molecule has 0 atom stereocenters. The molecule has 0 aromatic rings. The van der Waals surface area contributed by atoms with E-state index in [1.54, 1.807) is 0 Å². The standard InChI is InChI=1S/C16H37NO3Si/c1-9-17(10-2)21(18-11-14(3)4,19-12-15(5)6)20-13-16(7)8/h14-16H,9-13H2,1-8H3. The molecule has 21 heavy (non-hydrogen) atoms. The van der Waals surface area contributed by atoms with E-state index >= 15 is 0 Å². The van der Waals surface area contributed by atoms with Gasteiger partial charge in [-0.3, -0.25) is 4.57 Å². The summed E-state index contributed by atoms with van der Waals surface area (Å²) in [6, 6.07) is 0. The minimum absolute atomic E-state index is 0.470. The quantitative estimate of drug-likeness (QED) is 0.512. The largest absolute Gasteiger partial charge is 0.599 e. The maximum atomic E-state index is 6.26. The Labute approximate surface area is 133 Å². The first kappa shape index (κ1) is 21.1. The highest BCUT2D eigenvalue weighted by Gasteiger charge is 2.48. The second kappa shape index (κ2) is 10.7. The fourth-order valence-corrected chi connectivity index (χ4v) is 5.03. The predicted octanol–water partition coefficient (Wildman–Crippen LogP) is 3.78. The molecular formula is C16H37NO3Si. The van der Waals surface area contributed by atoms with Crippen LogP contribution in [0.3, 0.4) is 0 Å². The summed E-state index contributed by atoms with van der Waals surface area (Å²) in [6.07, 6.45) is 0. The fraction of sp³-hybridized carbons (Fsp3) is 1.00. The summed E-state index contributed by atoms with van der Waals surface area (Å²) >= 11 is 0. The second-order valence-corrected chi connectivity index (χ2v) is 9.36. The first-order valence-electron chi connectivity index (χ1n) is 8.44. The van der Waals surface area contributed by atoms with Gasteiger partial charge in [-0.25, -0.2) is 0 Å². The Morgan fingerprint density at radius 2 is 0.952 bits per heavy atom. The van der Waals surface area contributed by atoms with Gasteiger partial charge in [0, 0.05) is 19.8 Å². The monoisotopic (exact) mass is 319 g/mol. The number of hydrogen-bond donors (Lipinski definition) is 0. The molecule has 0 N–H and O–H groups in total. The molecule has 0 spiro atoms. The predicted molar refractivity (Wildman–Crippen MR) is 91.0 cm³/mol. The number of hydrogen-bond acceptors (Lipinski definition) is 4. The van der Waals surface area contributed by atoms with Gasteiger partial charge >= 0.3 is 8.97 Å². The molecule has 0 heterocycles. The topological polar surface area (TPSA) is 30.9 Å². The van der Waals surface area contributed by atoms with Crippen LogP contribution in [0.2, 0.25) is 0 Å². The molecular weight excluding hydrogens is 282 g/mol. The van der Waals surface area contributed by atoms with E-state index in [-0.39, 0.29) is 0 Å². The van der Waals surface area contributed by atoms with Crippen LogP contribution in [0, 0.1) is 17.8 Å². The first-order valence-corrected chi connectivity index (χ1v) is 10.1. The number of nitrogens with zero attached hydrogens (tertiary/aromatic N) is 1. The van der Waals surface area contributed by atoms with Crippen LogP contribution >= 0.6 is 0 Å². The summed E-state index contributed by atoms with van der Waals surface area (Å²) < 4.78 is 21.0. The Morgan fingerprint density at radius 1 is 0.667 bits per heavy atom. The van der Waals surface area contributed by atoms with Crippen LogP contribution in [0.4, 0.5) is 0 Å². The molecule has 0 amide bonds. The van der Waals surface area contributed by atoms with Crippen LogP contribution in [0.25, 0.3) is 0 Å². The summed E-state index contributed by atoms with van der Waals surface area (Å²) in [5, 5.41) is 0. The van der Waals surface area contributed by atoms with Crippen molar-refractivity contribution in [1.82, 2.24) is 4.57 Å². The summed E-state index contributed by atoms with van der Waals surface area (Å²) in [7, 11) is -2.78. The average Bonchev–Trinajstić information content (AvgIpc) is 2.40. The molecule has 0 radical (unpaired) electrons. The van der Waals surface area contributed by atoms with Gasteiger partial charge in [-0.15, -0.1) is 0 Å². The van der Waals surface area contributed by atoms with E-state index in [0.29, 0.717) is 37.6 Å².